The molecule has 0 radical (unpaired) electrons. The first-order valence-corrected chi connectivity index (χ1v) is 10.8. The van der Waals surface area contributed by atoms with Gasteiger partial charge in [-0.05, 0) is 63.9 Å². The molecule has 9 heteroatoms. The number of nitrogens with zero attached hydrogens (tertiary/aromatic N) is 2. The number of hydrogen-bond donors (Lipinski definition) is 3. The molecule has 1 unspecified atom stereocenters. The number of carbonyl (C=O) groups is 1. The first-order valence-electron chi connectivity index (χ1n) is 9.18. The van der Waals surface area contributed by atoms with E-state index in [-0.39, 0.29) is 5.91 Å². The monoisotopic (exact) mass is 501 g/mol. The summed E-state index contributed by atoms with van der Waals surface area (Å²) in [7, 11) is 1.57. The van der Waals surface area contributed by atoms with Gasteiger partial charge >= 0.3 is 0 Å². The van der Waals surface area contributed by atoms with Crippen LogP contribution in [0.15, 0.2) is 20.0 Å². The Morgan fingerprint density at radius 3 is 2.96 bits per heavy atom. The molecule has 2 aliphatic rings. The number of rotatable bonds is 6. The fraction of sp³-hybridized carbons (Fsp3) is 0.556. The van der Waals surface area contributed by atoms with Gasteiger partial charge in [-0.25, -0.2) is 0 Å². The van der Waals surface area contributed by atoms with Crippen LogP contribution in [0.4, 0.5) is 5.69 Å². The number of benzene rings is 1. The minimum atomic E-state index is -0.140. The molecule has 148 valence electrons. The first kappa shape index (κ1) is 20.4. The number of methoxy groups -OCH3 is 1. The molecular weight excluding hydrogens is 478 g/mol. The number of hydrogen-bond acceptors (Lipinski definition) is 6. The Bertz CT molecular complexity index is 741. The number of carbonyl (C=O) groups excluding carboxylic acids is 1. The Hall–Kier alpha value is -1.32. The van der Waals surface area contributed by atoms with Gasteiger partial charge in [0.15, 0.2) is 5.96 Å². The molecule has 0 aliphatic carbocycles. The van der Waals surface area contributed by atoms with Gasteiger partial charge in [0.2, 0.25) is 0 Å². The number of halogens is 2. The highest BCUT2D eigenvalue weighted by Crippen LogP contribution is 2.41. The van der Waals surface area contributed by atoms with Crippen molar-refractivity contribution >= 4 is 49.4 Å². The molecule has 7 nitrogen and oxygen atoms in total. The topological polar surface area (TPSA) is 78.0 Å². The van der Waals surface area contributed by atoms with Crippen molar-refractivity contribution < 1.29 is 9.53 Å². The lowest BCUT2D eigenvalue weighted by atomic mass is 10.1. The summed E-state index contributed by atoms with van der Waals surface area (Å²) in [5, 5.41) is 9.47. The highest BCUT2D eigenvalue weighted by Gasteiger charge is 2.26. The quantitative estimate of drug-likeness (QED) is 0.557. The predicted octanol–water partition coefficient (Wildman–Crippen LogP) is 2.81. The van der Waals surface area contributed by atoms with Gasteiger partial charge in [-0.3, -0.25) is 14.7 Å². The largest absolute Gasteiger partial charge is 0.495 e. The second-order valence-electron chi connectivity index (χ2n) is 6.54. The van der Waals surface area contributed by atoms with Gasteiger partial charge in [-0.1, -0.05) is 6.92 Å². The van der Waals surface area contributed by atoms with Gasteiger partial charge in [-0.2, -0.15) is 0 Å². The fourth-order valence-electron chi connectivity index (χ4n) is 3.53. The maximum Gasteiger partial charge on any atom is 0.255 e. The standard InChI is InChI=1S/C18H25Br2N5O2/c1-3-25-8-4-5-11(25)10-23-17(26)12-9-13(19)15(14(20)16(12)27-2)24-18-21-6-7-22-18/h9,11H,3-8,10H2,1-2H3,(H,23,26)(H2,21,22,24). The van der Waals surface area contributed by atoms with Crippen molar-refractivity contribution in [3.63, 3.8) is 0 Å². The third-order valence-corrected chi connectivity index (χ3v) is 6.33. The van der Waals surface area contributed by atoms with Gasteiger partial charge in [0.1, 0.15) is 5.75 Å². The van der Waals surface area contributed by atoms with E-state index >= 15 is 0 Å². The van der Waals surface area contributed by atoms with Crippen molar-refractivity contribution in [1.82, 2.24) is 15.5 Å². The van der Waals surface area contributed by atoms with Crippen LogP contribution >= 0.6 is 31.9 Å². The molecule has 1 atom stereocenters. The number of likely N-dealkylation sites (tertiary alicyclic amines) is 1. The van der Waals surface area contributed by atoms with Crippen LogP contribution < -0.4 is 20.7 Å². The number of amides is 1. The predicted molar refractivity (Wildman–Crippen MR) is 115 cm³/mol. The summed E-state index contributed by atoms with van der Waals surface area (Å²) in [6.45, 7) is 6.48. The lowest BCUT2D eigenvalue weighted by molar-refractivity contribution is 0.0938. The minimum Gasteiger partial charge on any atom is -0.495 e. The maximum absolute atomic E-state index is 12.8. The second-order valence-corrected chi connectivity index (χ2v) is 8.19. The van der Waals surface area contributed by atoms with Crippen LogP contribution in [0.2, 0.25) is 0 Å². The van der Waals surface area contributed by atoms with Crippen LogP contribution in [0.3, 0.4) is 0 Å². The van der Waals surface area contributed by atoms with Crippen LogP contribution in [0, 0.1) is 0 Å². The van der Waals surface area contributed by atoms with Crippen molar-refractivity contribution in [2.24, 2.45) is 4.99 Å². The van der Waals surface area contributed by atoms with Crippen LogP contribution in [-0.2, 0) is 0 Å². The lowest BCUT2D eigenvalue weighted by Crippen LogP contribution is -2.40. The van der Waals surface area contributed by atoms with E-state index in [0.29, 0.717) is 34.3 Å². The summed E-state index contributed by atoms with van der Waals surface area (Å²) in [5.41, 5.74) is 1.26. The molecule has 3 N–H and O–H groups in total. The smallest absolute Gasteiger partial charge is 0.255 e. The van der Waals surface area contributed by atoms with E-state index in [4.69, 9.17) is 4.74 Å². The first-order chi connectivity index (χ1) is 13.0. The average Bonchev–Trinajstić information content (AvgIpc) is 3.34. The van der Waals surface area contributed by atoms with Crippen molar-refractivity contribution in [2.75, 3.05) is 45.2 Å². The van der Waals surface area contributed by atoms with Crippen molar-refractivity contribution in [3.05, 3.63) is 20.6 Å². The van der Waals surface area contributed by atoms with E-state index < -0.39 is 0 Å². The van der Waals surface area contributed by atoms with Crippen molar-refractivity contribution in [2.45, 2.75) is 25.8 Å². The summed E-state index contributed by atoms with van der Waals surface area (Å²) in [5.74, 6) is 1.06. The summed E-state index contributed by atoms with van der Waals surface area (Å²) >= 11 is 7.12. The van der Waals surface area contributed by atoms with Gasteiger partial charge < -0.3 is 20.7 Å². The number of guanidine groups is 1. The van der Waals surface area contributed by atoms with Crippen molar-refractivity contribution in [1.29, 1.82) is 0 Å². The average molecular weight is 503 g/mol. The molecule has 1 fully saturated rings. The van der Waals surface area contributed by atoms with E-state index in [9.17, 15) is 4.79 Å². The zero-order chi connectivity index (χ0) is 19.4. The number of nitrogens with one attached hydrogen (secondary N) is 3. The Labute approximate surface area is 176 Å². The molecule has 2 heterocycles. The van der Waals surface area contributed by atoms with Crippen molar-refractivity contribution in [3.8, 4) is 5.75 Å². The summed E-state index contributed by atoms with van der Waals surface area (Å²) in [6, 6.07) is 2.19. The zero-order valence-electron chi connectivity index (χ0n) is 15.6. The van der Waals surface area contributed by atoms with E-state index in [1.165, 1.54) is 6.42 Å². The molecule has 1 amide bonds. The number of likely N-dealkylation sites (N-methyl/N-ethyl adjacent to an activating group) is 1. The maximum atomic E-state index is 12.8. The molecule has 0 aromatic heterocycles. The molecule has 1 aromatic rings. The molecule has 0 spiro atoms. The molecule has 1 aromatic carbocycles. The van der Waals surface area contributed by atoms with E-state index in [1.54, 1.807) is 13.2 Å². The van der Waals surface area contributed by atoms with Gasteiger partial charge in [0.25, 0.3) is 5.91 Å². The fourth-order valence-corrected chi connectivity index (χ4v) is 5.01. The zero-order valence-corrected chi connectivity index (χ0v) is 18.7. The SMILES string of the molecule is CCN1CCCC1CNC(=O)c1cc(Br)c(NC2=NCCN2)c(Br)c1OC. The molecule has 3 rings (SSSR count). The molecule has 27 heavy (non-hydrogen) atoms. The second kappa shape index (κ2) is 9.25. The molecule has 0 bridgehead atoms. The summed E-state index contributed by atoms with van der Waals surface area (Å²) < 4.78 is 6.97. The molecular formula is C18H25Br2N5O2. The van der Waals surface area contributed by atoms with Gasteiger partial charge in [0, 0.05) is 23.6 Å². The van der Waals surface area contributed by atoms with E-state index in [2.05, 4.69) is 64.6 Å². The highest BCUT2D eigenvalue weighted by atomic mass is 79.9. The number of anilines is 1. The Balaban J connectivity index is 1.77. The lowest BCUT2D eigenvalue weighted by Gasteiger charge is -2.23. The van der Waals surface area contributed by atoms with Crippen LogP contribution in [-0.4, -0.2) is 62.6 Å². The molecule has 1 saturated heterocycles. The third-order valence-electron chi connectivity index (χ3n) is 4.94. The minimum absolute atomic E-state index is 0.140. The van der Waals surface area contributed by atoms with Crippen LogP contribution in [0.25, 0.3) is 0 Å². The third kappa shape index (κ3) is 4.57. The normalized spacial score (nSPS) is 19.6. The Kier molecular flexibility index (Phi) is 6.99. The summed E-state index contributed by atoms with van der Waals surface area (Å²) in [6.07, 6.45) is 2.31. The summed E-state index contributed by atoms with van der Waals surface area (Å²) in [4.78, 5) is 19.6. The van der Waals surface area contributed by atoms with Crippen LogP contribution in [0.5, 0.6) is 5.75 Å². The van der Waals surface area contributed by atoms with Gasteiger partial charge in [0.05, 0.1) is 29.4 Å². The van der Waals surface area contributed by atoms with Crippen LogP contribution in [0.1, 0.15) is 30.1 Å². The molecule has 2 aliphatic heterocycles. The van der Waals surface area contributed by atoms with E-state index in [1.807, 2.05) is 0 Å². The van der Waals surface area contributed by atoms with E-state index in [0.717, 1.165) is 42.8 Å². The molecule has 0 saturated carbocycles. The Morgan fingerprint density at radius 1 is 1.48 bits per heavy atom. The number of ether oxygens (including phenoxy) is 1. The van der Waals surface area contributed by atoms with Gasteiger partial charge in [-0.15, -0.1) is 0 Å². The highest BCUT2D eigenvalue weighted by molar-refractivity contribution is 9.11. The Morgan fingerprint density at radius 2 is 2.30 bits per heavy atom. The number of aliphatic imine (C=N–C) groups is 1.